The van der Waals surface area contributed by atoms with Crippen molar-refractivity contribution >= 4 is 21.6 Å². The van der Waals surface area contributed by atoms with Crippen molar-refractivity contribution in [2.24, 2.45) is 5.14 Å². The van der Waals surface area contributed by atoms with Crippen LogP contribution in [0.5, 0.6) is 5.75 Å². The molecule has 0 heterocycles. The molecule has 0 saturated carbocycles. The predicted molar refractivity (Wildman–Crippen MR) is 105 cm³/mol. The van der Waals surface area contributed by atoms with E-state index < -0.39 is 15.9 Å². The Hall–Kier alpha value is -3.35. The second-order valence-electron chi connectivity index (χ2n) is 6.02. The monoisotopic (exact) mass is 400 g/mol. The Kier molecular flexibility index (Phi) is 6.76. The summed E-state index contributed by atoms with van der Waals surface area (Å²) < 4.78 is 22.4. The molecule has 0 aliphatic heterocycles. The van der Waals surface area contributed by atoms with Crippen molar-refractivity contribution in [3.63, 3.8) is 0 Å². The number of hydrogen-bond acceptors (Lipinski definition) is 6. The van der Waals surface area contributed by atoms with Gasteiger partial charge in [0.25, 0.3) is 5.91 Å². The first-order valence-corrected chi connectivity index (χ1v) is 9.81. The van der Waals surface area contributed by atoms with Crippen molar-refractivity contribution in [3.05, 3.63) is 65.4 Å². The maximum Gasteiger partial charge on any atom is 0.267 e. The number of nitriles is 1. The Labute approximate surface area is 163 Å². The Morgan fingerprint density at radius 3 is 2.50 bits per heavy atom. The third-order valence-electron chi connectivity index (χ3n) is 3.88. The number of aryl methyl sites for hydroxylation is 1. The fourth-order valence-electron chi connectivity index (χ4n) is 2.36. The zero-order chi connectivity index (χ0) is 20.7. The summed E-state index contributed by atoms with van der Waals surface area (Å²) in [4.78, 5) is 12.2. The van der Waals surface area contributed by atoms with Crippen LogP contribution in [-0.2, 0) is 21.2 Å². The molecule has 0 unspecified atom stereocenters. The van der Waals surface area contributed by atoms with E-state index in [-0.39, 0.29) is 16.2 Å². The van der Waals surface area contributed by atoms with Gasteiger partial charge in [0.1, 0.15) is 17.4 Å². The average Bonchev–Trinajstić information content (AvgIpc) is 2.63. The van der Waals surface area contributed by atoms with Crippen molar-refractivity contribution in [1.29, 1.82) is 5.26 Å². The fraction of sp³-hybridized carbons (Fsp3) is 0.158. The first-order chi connectivity index (χ1) is 13.2. The number of anilines is 1. The van der Waals surface area contributed by atoms with Crippen LogP contribution in [0.15, 0.2) is 59.1 Å². The van der Waals surface area contributed by atoms with Gasteiger partial charge in [-0.15, -0.1) is 0 Å². The molecule has 28 heavy (non-hydrogen) atoms. The summed E-state index contributed by atoms with van der Waals surface area (Å²) in [5.41, 5.74) is 1.94. The molecule has 2 aromatic carbocycles. The quantitative estimate of drug-likeness (QED) is 0.240. The smallest absolute Gasteiger partial charge is 0.267 e. The van der Waals surface area contributed by atoms with E-state index in [4.69, 9.17) is 5.14 Å². The maximum absolute atomic E-state index is 12.2. The highest BCUT2D eigenvalue weighted by Gasteiger charge is 2.11. The summed E-state index contributed by atoms with van der Waals surface area (Å²) in [6.45, 7) is 2.16. The number of aromatic hydroxyl groups is 1. The summed E-state index contributed by atoms with van der Waals surface area (Å²) in [5, 5.41) is 29.1. The molecule has 0 saturated heterocycles. The van der Waals surface area contributed by atoms with Crippen LogP contribution in [0.2, 0.25) is 0 Å². The van der Waals surface area contributed by atoms with Crippen LogP contribution in [0, 0.1) is 18.3 Å². The molecule has 2 aromatic rings. The number of carbonyl (C=O) groups is 1. The van der Waals surface area contributed by atoms with Crippen LogP contribution in [0.25, 0.3) is 0 Å². The van der Waals surface area contributed by atoms with E-state index >= 15 is 0 Å². The predicted octanol–water partition coefficient (Wildman–Crippen LogP) is 1.53. The second kappa shape index (κ2) is 9.03. The maximum atomic E-state index is 12.2. The molecule has 0 spiro atoms. The van der Waals surface area contributed by atoms with Gasteiger partial charge in [-0.25, -0.2) is 13.6 Å². The van der Waals surface area contributed by atoms with Gasteiger partial charge in [-0.2, -0.15) is 5.26 Å². The molecule has 0 aliphatic rings. The van der Waals surface area contributed by atoms with E-state index in [1.165, 1.54) is 30.5 Å². The summed E-state index contributed by atoms with van der Waals surface area (Å²) >= 11 is 0. The Morgan fingerprint density at radius 2 is 1.93 bits per heavy atom. The lowest BCUT2D eigenvalue weighted by molar-refractivity contribution is -0.112. The number of nitrogens with zero attached hydrogens (tertiary/aromatic N) is 1. The molecule has 0 bridgehead atoms. The lowest BCUT2D eigenvalue weighted by Crippen LogP contribution is -2.18. The summed E-state index contributed by atoms with van der Waals surface area (Å²) in [6, 6.07) is 12.5. The summed E-state index contributed by atoms with van der Waals surface area (Å²) in [6.07, 6.45) is 1.88. The minimum absolute atomic E-state index is 0.0390. The fourth-order valence-corrected chi connectivity index (χ4v) is 2.88. The van der Waals surface area contributed by atoms with Gasteiger partial charge in [-0.3, -0.25) is 4.79 Å². The van der Waals surface area contributed by atoms with Crippen molar-refractivity contribution in [1.82, 2.24) is 5.32 Å². The molecule has 5 N–H and O–H groups in total. The van der Waals surface area contributed by atoms with Crippen LogP contribution in [-0.4, -0.2) is 26.0 Å². The minimum Gasteiger partial charge on any atom is -0.508 e. The van der Waals surface area contributed by atoms with Gasteiger partial charge >= 0.3 is 0 Å². The number of amides is 1. The van der Waals surface area contributed by atoms with E-state index in [9.17, 15) is 23.6 Å². The first kappa shape index (κ1) is 21.0. The second-order valence-corrected chi connectivity index (χ2v) is 7.58. The molecule has 9 heteroatoms. The molecule has 146 valence electrons. The number of primary sulfonamides is 1. The van der Waals surface area contributed by atoms with Gasteiger partial charge in [-0.05, 0) is 54.8 Å². The number of sulfonamides is 1. The average molecular weight is 400 g/mol. The third kappa shape index (κ3) is 5.84. The third-order valence-corrected chi connectivity index (χ3v) is 4.81. The van der Waals surface area contributed by atoms with E-state index in [1.54, 1.807) is 25.1 Å². The van der Waals surface area contributed by atoms with Crippen LogP contribution >= 0.6 is 0 Å². The Bertz CT molecular complexity index is 1040. The number of phenols is 1. The molecule has 0 radical (unpaired) electrons. The SMILES string of the molecule is Cc1cc(O)ccc1NC(=O)/C(C#N)=C\NCCc1ccc(S(N)(=O)=O)cc1. The van der Waals surface area contributed by atoms with Crippen molar-refractivity contribution in [3.8, 4) is 11.8 Å². The van der Waals surface area contributed by atoms with Gasteiger partial charge in [-0.1, -0.05) is 12.1 Å². The number of hydrogen-bond donors (Lipinski definition) is 4. The standard InChI is InChI=1S/C19H20N4O4S/c1-13-10-16(24)4-7-18(13)23-19(25)15(11-20)12-22-9-8-14-2-5-17(6-3-14)28(21,26)27/h2-7,10,12,22,24H,8-9H2,1H3,(H,23,25)(H2,21,26,27)/b15-12-. The minimum atomic E-state index is -3.72. The lowest BCUT2D eigenvalue weighted by Gasteiger charge is -2.08. The van der Waals surface area contributed by atoms with Crippen LogP contribution in [0.3, 0.4) is 0 Å². The van der Waals surface area contributed by atoms with Crippen LogP contribution in [0.1, 0.15) is 11.1 Å². The molecule has 2 rings (SSSR count). The molecule has 0 atom stereocenters. The molecule has 1 amide bonds. The van der Waals surface area contributed by atoms with E-state index in [0.29, 0.717) is 24.2 Å². The van der Waals surface area contributed by atoms with Crippen molar-refractivity contribution < 1.29 is 18.3 Å². The van der Waals surface area contributed by atoms with Gasteiger partial charge in [0.2, 0.25) is 10.0 Å². The number of carbonyl (C=O) groups excluding carboxylic acids is 1. The Morgan fingerprint density at radius 1 is 1.25 bits per heavy atom. The number of nitrogens with two attached hydrogens (primary N) is 1. The largest absolute Gasteiger partial charge is 0.508 e. The molecule has 0 fully saturated rings. The van der Waals surface area contributed by atoms with Crippen molar-refractivity contribution in [2.45, 2.75) is 18.2 Å². The zero-order valence-electron chi connectivity index (χ0n) is 15.1. The molecular weight excluding hydrogens is 380 g/mol. The van der Waals surface area contributed by atoms with Crippen LogP contribution < -0.4 is 15.8 Å². The van der Waals surface area contributed by atoms with Crippen molar-refractivity contribution in [2.75, 3.05) is 11.9 Å². The van der Waals surface area contributed by atoms with Gasteiger partial charge < -0.3 is 15.7 Å². The summed E-state index contributed by atoms with van der Waals surface area (Å²) in [7, 11) is -3.72. The topological polar surface area (TPSA) is 145 Å². The molecule has 0 aliphatic carbocycles. The highest BCUT2D eigenvalue weighted by atomic mass is 32.2. The highest BCUT2D eigenvalue weighted by Crippen LogP contribution is 2.20. The first-order valence-electron chi connectivity index (χ1n) is 8.27. The normalized spacial score (nSPS) is 11.5. The van der Waals surface area contributed by atoms with E-state index in [0.717, 1.165) is 5.56 Å². The van der Waals surface area contributed by atoms with E-state index in [2.05, 4.69) is 10.6 Å². The zero-order valence-corrected chi connectivity index (χ0v) is 16.0. The number of phenolic OH excluding ortho intramolecular Hbond substituents is 1. The van der Waals surface area contributed by atoms with Gasteiger partial charge in [0.15, 0.2) is 0 Å². The van der Waals surface area contributed by atoms with E-state index in [1.807, 2.05) is 6.07 Å². The highest BCUT2D eigenvalue weighted by molar-refractivity contribution is 7.89. The number of nitrogens with one attached hydrogen (secondary N) is 2. The van der Waals surface area contributed by atoms with Crippen LogP contribution in [0.4, 0.5) is 5.69 Å². The number of benzene rings is 2. The van der Waals surface area contributed by atoms with Gasteiger partial charge in [0, 0.05) is 18.4 Å². The number of rotatable bonds is 7. The van der Waals surface area contributed by atoms with Gasteiger partial charge in [0.05, 0.1) is 4.90 Å². The molecule has 8 nitrogen and oxygen atoms in total. The lowest BCUT2D eigenvalue weighted by atomic mass is 10.1. The summed E-state index contributed by atoms with van der Waals surface area (Å²) in [5.74, 6) is -0.480. The molecular formula is C19H20N4O4S. The molecule has 0 aromatic heterocycles. The Balaban J connectivity index is 1.92.